The lowest BCUT2D eigenvalue weighted by Crippen LogP contribution is -2.42. The largest absolute Gasteiger partial charge is 0.455 e. The lowest BCUT2D eigenvalue weighted by Gasteiger charge is -2.29. The lowest BCUT2D eigenvalue weighted by atomic mass is 9.86. The van der Waals surface area contributed by atoms with Gasteiger partial charge in [0.1, 0.15) is 0 Å². The van der Waals surface area contributed by atoms with Crippen molar-refractivity contribution in [2.24, 2.45) is 5.92 Å². The predicted molar refractivity (Wildman–Crippen MR) is 98.2 cm³/mol. The summed E-state index contributed by atoms with van der Waals surface area (Å²) < 4.78 is 5.15. The van der Waals surface area contributed by atoms with Gasteiger partial charge in [-0.2, -0.15) is 0 Å². The summed E-state index contributed by atoms with van der Waals surface area (Å²) in [4.78, 5) is 24.0. The number of esters is 1. The highest BCUT2D eigenvalue weighted by atomic mass is 16.5. The summed E-state index contributed by atoms with van der Waals surface area (Å²) in [5, 5.41) is 5.23. The number of amides is 1. The second-order valence-electron chi connectivity index (χ2n) is 6.95. The van der Waals surface area contributed by atoms with Crippen LogP contribution in [0.2, 0.25) is 0 Å². The predicted octanol–water partition coefficient (Wildman–Crippen LogP) is 3.62. The van der Waals surface area contributed by atoms with E-state index in [1.54, 1.807) is 0 Å². The molecule has 0 unspecified atom stereocenters. The molecule has 2 aromatic rings. The molecule has 132 valence electrons. The van der Waals surface area contributed by atoms with Gasteiger partial charge in [-0.3, -0.25) is 9.59 Å². The molecule has 2 aromatic carbocycles. The average Bonchev–Trinajstić information content (AvgIpc) is 2.62. The van der Waals surface area contributed by atoms with Gasteiger partial charge in [0.05, 0.1) is 6.42 Å². The molecule has 0 bridgehead atoms. The van der Waals surface area contributed by atoms with Crippen molar-refractivity contribution in [3.05, 3.63) is 48.0 Å². The molecule has 0 spiro atoms. The normalized spacial score (nSPS) is 20.2. The summed E-state index contributed by atoms with van der Waals surface area (Å²) in [6.45, 7) is 1.96. The number of carbonyl (C=O) groups is 2. The Hall–Kier alpha value is -2.36. The van der Waals surface area contributed by atoms with Crippen LogP contribution in [0.25, 0.3) is 10.8 Å². The van der Waals surface area contributed by atoms with E-state index in [1.807, 2.05) is 42.5 Å². The zero-order valence-corrected chi connectivity index (χ0v) is 14.7. The van der Waals surface area contributed by atoms with Gasteiger partial charge in [-0.15, -0.1) is 0 Å². The highest BCUT2D eigenvalue weighted by Crippen LogP contribution is 2.23. The van der Waals surface area contributed by atoms with Crippen LogP contribution in [0.1, 0.15) is 38.2 Å². The molecule has 0 aliphatic heterocycles. The summed E-state index contributed by atoms with van der Waals surface area (Å²) in [5.74, 6) is -0.0845. The van der Waals surface area contributed by atoms with Crippen molar-refractivity contribution in [1.82, 2.24) is 5.32 Å². The summed E-state index contributed by atoms with van der Waals surface area (Å²) in [6.07, 6.45) is 4.72. The van der Waals surface area contributed by atoms with E-state index in [-0.39, 0.29) is 30.9 Å². The van der Waals surface area contributed by atoms with Gasteiger partial charge in [-0.05, 0) is 35.1 Å². The summed E-state index contributed by atoms with van der Waals surface area (Å²) >= 11 is 0. The minimum absolute atomic E-state index is 0.179. The molecule has 1 aliphatic rings. The Balaban J connectivity index is 1.47. The van der Waals surface area contributed by atoms with E-state index in [0.717, 1.165) is 35.6 Å². The van der Waals surface area contributed by atoms with Crippen LogP contribution in [0.4, 0.5) is 0 Å². The molecule has 1 amide bonds. The maximum atomic E-state index is 12.0. The van der Waals surface area contributed by atoms with Gasteiger partial charge in [-0.25, -0.2) is 0 Å². The van der Waals surface area contributed by atoms with E-state index in [4.69, 9.17) is 4.74 Å². The fraction of sp³-hybridized carbons (Fsp3) is 0.429. The third-order valence-corrected chi connectivity index (χ3v) is 4.98. The van der Waals surface area contributed by atoms with Crippen LogP contribution >= 0.6 is 0 Å². The SMILES string of the molecule is C[C@@H]1CCCC[C@@H]1NC(=O)COC(=O)Cc1ccc2ccccc2c1. The molecule has 1 saturated carbocycles. The number of rotatable bonds is 5. The van der Waals surface area contributed by atoms with Gasteiger partial charge in [0.15, 0.2) is 6.61 Å². The van der Waals surface area contributed by atoms with Gasteiger partial charge in [0, 0.05) is 6.04 Å². The Morgan fingerprint density at radius 3 is 2.64 bits per heavy atom. The van der Waals surface area contributed by atoms with E-state index in [0.29, 0.717) is 5.92 Å². The lowest BCUT2D eigenvalue weighted by molar-refractivity contribution is -0.148. The fourth-order valence-corrected chi connectivity index (χ4v) is 3.49. The van der Waals surface area contributed by atoms with Crippen LogP contribution in [-0.2, 0) is 20.7 Å². The molecule has 0 radical (unpaired) electrons. The Labute approximate surface area is 148 Å². The number of nitrogens with one attached hydrogen (secondary N) is 1. The van der Waals surface area contributed by atoms with E-state index < -0.39 is 0 Å². The van der Waals surface area contributed by atoms with Crippen LogP contribution in [0, 0.1) is 5.92 Å². The van der Waals surface area contributed by atoms with Crippen LogP contribution in [-0.4, -0.2) is 24.5 Å². The maximum absolute atomic E-state index is 12.0. The zero-order chi connectivity index (χ0) is 17.6. The van der Waals surface area contributed by atoms with E-state index in [1.165, 1.54) is 6.42 Å². The molecule has 3 rings (SSSR count). The number of hydrogen-bond acceptors (Lipinski definition) is 3. The molecule has 1 N–H and O–H groups in total. The van der Waals surface area contributed by atoms with Crippen LogP contribution in [0.5, 0.6) is 0 Å². The van der Waals surface area contributed by atoms with Crippen molar-refractivity contribution in [3.8, 4) is 0 Å². The van der Waals surface area contributed by atoms with Crippen LogP contribution in [0.3, 0.4) is 0 Å². The molecule has 4 heteroatoms. The Morgan fingerprint density at radius 2 is 1.84 bits per heavy atom. The number of fused-ring (bicyclic) bond motifs is 1. The minimum atomic E-state index is -0.373. The number of ether oxygens (including phenoxy) is 1. The smallest absolute Gasteiger partial charge is 0.310 e. The first-order valence-electron chi connectivity index (χ1n) is 9.04. The van der Waals surface area contributed by atoms with Crippen molar-refractivity contribution in [2.75, 3.05) is 6.61 Å². The Morgan fingerprint density at radius 1 is 1.08 bits per heavy atom. The van der Waals surface area contributed by atoms with Crippen LogP contribution < -0.4 is 5.32 Å². The summed E-state index contributed by atoms with van der Waals surface area (Å²) in [7, 11) is 0. The number of carbonyl (C=O) groups excluding carboxylic acids is 2. The first kappa shape index (κ1) is 17.5. The second-order valence-corrected chi connectivity index (χ2v) is 6.95. The van der Waals surface area contributed by atoms with Crippen molar-refractivity contribution in [3.63, 3.8) is 0 Å². The first-order chi connectivity index (χ1) is 12.1. The summed E-state index contributed by atoms with van der Waals surface area (Å²) in [5.41, 5.74) is 0.894. The molecule has 1 aliphatic carbocycles. The summed E-state index contributed by atoms with van der Waals surface area (Å²) in [6, 6.07) is 14.1. The van der Waals surface area contributed by atoms with Crippen molar-refractivity contribution in [2.45, 2.75) is 45.1 Å². The van der Waals surface area contributed by atoms with Gasteiger partial charge < -0.3 is 10.1 Å². The van der Waals surface area contributed by atoms with Gasteiger partial charge in [0.2, 0.25) is 0 Å². The van der Waals surface area contributed by atoms with E-state index in [9.17, 15) is 9.59 Å². The molecule has 4 nitrogen and oxygen atoms in total. The van der Waals surface area contributed by atoms with Gasteiger partial charge >= 0.3 is 5.97 Å². The number of benzene rings is 2. The molecule has 0 saturated heterocycles. The highest BCUT2D eigenvalue weighted by molar-refractivity contribution is 5.85. The Bertz CT molecular complexity index is 756. The zero-order valence-electron chi connectivity index (χ0n) is 14.7. The Kier molecular flexibility index (Phi) is 5.69. The van der Waals surface area contributed by atoms with Gasteiger partial charge in [-0.1, -0.05) is 62.2 Å². The standard InChI is InChI=1S/C21H25NO3/c1-15-6-2-5-9-19(15)22-20(23)14-25-21(24)13-16-10-11-17-7-3-4-8-18(17)12-16/h3-4,7-8,10-12,15,19H,2,5-6,9,13-14H2,1H3,(H,22,23)/t15-,19+/m1/s1. The van der Waals surface area contributed by atoms with Crippen LogP contribution in [0.15, 0.2) is 42.5 Å². The molecule has 1 fully saturated rings. The fourth-order valence-electron chi connectivity index (χ4n) is 3.49. The topological polar surface area (TPSA) is 55.4 Å². The van der Waals surface area contributed by atoms with Crippen molar-refractivity contribution >= 4 is 22.6 Å². The number of hydrogen-bond donors (Lipinski definition) is 1. The monoisotopic (exact) mass is 339 g/mol. The average molecular weight is 339 g/mol. The first-order valence-corrected chi connectivity index (χ1v) is 9.04. The molecule has 25 heavy (non-hydrogen) atoms. The van der Waals surface area contributed by atoms with E-state index >= 15 is 0 Å². The minimum Gasteiger partial charge on any atom is -0.455 e. The molecular formula is C21H25NO3. The maximum Gasteiger partial charge on any atom is 0.310 e. The quantitative estimate of drug-likeness (QED) is 0.847. The third-order valence-electron chi connectivity index (χ3n) is 4.98. The van der Waals surface area contributed by atoms with Crippen molar-refractivity contribution < 1.29 is 14.3 Å². The third kappa shape index (κ3) is 4.81. The molecule has 0 heterocycles. The van der Waals surface area contributed by atoms with E-state index in [2.05, 4.69) is 12.2 Å². The second kappa shape index (κ2) is 8.15. The van der Waals surface area contributed by atoms with Gasteiger partial charge in [0.25, 0.3) is 5.91 Å². The molecular weight excluding hydrogens is 314 g/mol. The van der Waals surface area contributed by atoms with Crippen molar-refractivity contribution in [1.29, 1.82) is 0 Å². The molecule has 2 atom stereocenters. The highest BCUT2D eigenvalue weighted by Gasteiger charge is 2.23. The molecule has 0 aromatic heterocycles.